The highest BCUT2D eigenvalue weighted by Gasteiger charge is 2.45. The number of piperidine rings is 1. The average molecular weight is 428 g/mol. The van der Waals surface area contributed by atoms with Gasteiger partial charge in [0.25, 0.3) is 11.8 Å². The smallest absolute Gasteiger partial charge is 0.348 e. The van der Waals surface area contributed by atoms with Crippen molar-refractivity contribution in [3.63, 3.8) is 0 Å². The Morgan fingerprint density at radius 1 is 1.13 bits per heavy atom. The van der Waals surface area contributed by atoms with Crippen molar-refractivity contribution in [1.29, 1.82) is 0 Å². The van der Waals surface area contributed by atoms with Gasteiger partial charge in [0.15, 0.2) is 0 Å². The van der Waals surface area contributed by atoms with Crippen LogP contribution in [0, 0.1) is 5.82 Å². The van der Waals surface area contributed by atoms with Crippen LogP contribution in [0.25, 0.3) is 0 Å². The van der Waals surface area contributed by atoms with Crippen LogP contribution in [0.1, 0.15) is 45.0 Å². The number of amides is 1. The third kappa shape index (κ3) is 4.03. The second-order valence-corrected chi connectivity index (χ2v) is 7.74. The lowest BCUT2D eigenvalue weighted by Gasteiger charge is -2.39. The second-order valence-electron chi connectivity index (χ2n) is 7.74. The van der Waals surface area contributed by atoms with Crippen molar-refractivity contribution in [1.82, 2.24) is 10.2 Å². The molecule has 160 valence electrons. The summed E-state index contributed by atoms with van der Waals surface area (Å²) in [5.74, 6) is -5.45. The van der Waals surface area contributed by atoms with Crippen LogP contribution in [0.3, 0.4) is 0 Å². The van der Waals surface area contributed by atoms with Crippen molar-refractivity contribution in [2.45, 2.75) is 37.5 Å². The summed E-state index contributed by atoms with van der Waals surface area (Å²) in [4.78, 5) is 13.3. The zero-order chi connectivity index (χ0) is 21.7. The molecule has 0 saturated carbocycles. The van der Waals surface area contributed by atoms with E-state index < -0.39 is 35.8 Å². The zero-order valence-corrected chi connectivity index (χ0v) is 15.7. The molecule has 0 spiro atoms. The van der Waals surface area contributed by atoms with Gasteiger partial charge in [0.1, 0.15) is 5.82 Å². The Morgan fingerprint density at radius 2 is 1.90 bits per heavy atom. The van der Waals surface area contributed by atoms with E-state index in [4.69, 9.17) is 0 Å². The molecule has 0 aliphatic carbocycles. The van der Waals surface area contributed by atoms with Crippen LogP contribution in [0.15, 0.2) is 36.4 Å². The predicted molar refractivity (Wildman–Crippen MR) is 96.6 cm³/mol. The molecule has 2 aliphatic rings. The number of fused-ring (bicyclic) bond motifs is 1. The first kappa shape index (κ1) is 20.7. The van der Waals surface area contributed by atoms with E-state index in [1.165, 1.54) is 12.1 Å². The molecule has 2 aromatic rings. The fraction of sp³-hybridized carbons (Fsp3) is 0.381. The molecule has 1 N–H and O–H groups in total. The number of nitrogens with zero attached hydrogens (tertiary/aromatic N) is 1. The van der Waals surface area contributed by atoms with Crippen LogP contribution in [0.5, 0.6) is 0 Å². The first-order valence-electron chi connectivity index (χ1n) is 9.41. The van der Waals surface area contributed by atoms with Gasteiger partial charge in [-0.1, -0.05) is 12.1 Å². The molecule has 4 rings (SSSR count). The maximum absolute atomic E-state index is 14.7. The number of carbonyl (C=O) groups excluding carboxylic acids is 1. The van der Waals surface area contributed by atoms with Gasteiger partial charge < -0.3 is 5.32 Å². The maximum Gasteiger partial charge on any atom is 0.416 e. The summed E-state index contributed by atoms with van der Waals surface area (Å²) in [6.45, 7) is 0.0866. The van der Waals surface area contributed by atoms with E-state index in [9.17, 15) is 31.1 Å². The molecular weight excluding hydrogens is 410 g/mol. The number of alkyl halides is 5. The van der Waals surface area contributed by atoms with E-state index in [-0.39, 0.29) is 37.6 Å². The maximum atomic E-state index is 14.7. The van der Waals surface area contributed by atoms with E-state index in [1.54, 1.807) is 11.0 Å². The molecule has 0 radical (unpaired) electrons. The Kier molecular flexibility index (Phi) is 5.04. The Labute approximate surface area is 168 Å². The number of carbonyl (C=O) groups is 1. The molecule has 1 amide bonds. The number of hydrogen-bond donors (Lipinski definition) is 1. The lowest BCUT2D eigenvalue weighted by molar-refractivity contribution is -0.137. The highest BCUT2D eigenvalue weighted by molar-refractivity contribution is 5.98. The van der Waals surface area contributed by atoms with E-state index in [1.807, 2.05) is 0 Å². The minimum absolute atomic E-state index is 0.0215. The first-order valence-corrected chi connectivity index (χ1v) is 9.41. The molecule has 3 nitrogen and oxygen atoms in total. The van der Waals surface area contributed by atoms with Gasteiger partial charge in [-0.05, 0) is 41.0 Å². The number of likely N-dealkylation sites (tertiary alicyclic amines) is 1. The lowest BCUT2D eigenvalue weighted by Crippen LogP contribution is -2.45. The molecular formula is C21H18F6N2O. The van der Waals surface area contributed by atoms with Crippen molar-refractivity contribution >= 4 is 5.91 Å². The SMILES string of the molecule is O=C1NCc2cc([C@H]3CN(Cc4cc(F)cc(C(F)(F)F)c4)CCC3(F)F)ccc21. The quantitative estimate of drug-likeness (QED) is 0.718. The van der Waals surface area contributed by atoms with Gasteiger partial charge in [0, 0.05) is 38.2 Å². The Bertz CT molecular complexity index is 988. The van der Waals surface area contributed by atoms with E-state index in [2.05, 4.69) is 5.32 Å². The van der Waals surface area contributed by atoms with Gasteiger partial charge in [-0.25, -0.2) is 13.2 Å². The monoisotopic (exact) mass is 428 g/mol. The lowest BCUT2D eigenvalue weighted by atomic mass is 9.85. The number of benzene rings is 2. The summed E-state index contributed by atoms with van der Waals surface area (Å²) in [6.07, 6.45) is -5.16. The first-order chi connectivity index (χ1) is 14.0. The predicted octanol–water partition coefficient (Wildman–Crippen LogP) is 4.71. The number of nitrogens with one attached hydrogen (secondary N) is 1. The Morgan fingerprint density at radius 3 is 2.63 bits per heavy atom. The van der Waals surface area contributed by atoms with Crippen molar-refractivity contribution in [3.05, 3.63) is 70.0 Å². The number of rotatable bonds is 3. The average Bonchev–Trinajstić information content (AvgIpc) is 3.02. The number of hydrogen-bond acceptors (Lipinski definition) is 2. The highest BCUT2D eigenvalue weighted by Crippen LogP contribution is 2.41. The summed E-state index contributed by atoms with van der Waals surface area (Å²) in [7, 11) is 0. The minimum atomic E-state index is -4.69. The standard InChI is InChI=1S/C21H18F6N2O/c22-16-6-12(5-15(8-16)21(25,26)27)10-29-4-3-20(23,24)18(11-29)13-1-2-17-14(7-13)9-28-19(17)30/h1-2,5-8,18H,3-4,9-11H2,(H,28,30)/t18-/m1/s1. The van der Waals surface area contributed by atoms with Crippen molar-refractivity contribution < 1.29 is 31.1 Å². The minimum Gasteiger partial charge on any atom is -0.348 e. The van der Waals surface area contributed by atoms with Gasteiger partial charge >= 0.3 is 6.18 Å². The van der Waals surface area contributed by atoms with Gasteiger partial charge in [0.2, 0.25) is 0 Å². The third-order valence-corrected chi connectivity index (χ3v) is 5.62. The summed E-state index contributed by atoms with van der Waals surface area (Å²) in [6, 6.07) is 6.84. The fourth-order valence-corrected chi connectivity index (χ4v) is 4.09. The van der Waals surface area contributed by atoms with Crippen LogP contribution in [0.2, 0.25) is 0 Å². The molecule has 9 heteroatoms. The van der Waals surface area contributed by atoms with Crippen molar-refractivity contribution in [2.75, 3.05) is 13.1 Å². The molecule has 30 heavy (non-hydrogen) atoms. The summed E-state index contributed by atoms with van der Waals surface area (Å²) < 4.78 is 81.8. The topological polar surface area (TPSA) is 32.3 Å². The molecule has 1 saturated heterocycles. The van der Waals surface area contributed by atoms with Crippen LogP contribution in [0.4, 0.5) is 26.3 Å². The van der Waals surface area contributed by atoms with Gasteiger partial charge in [-0.15, -0.1) is 0 Å². The molecule has 1 atom stereocenters. The molecule has 2 aromatic carbocycles. The van der Waals surface area contributed by atoms with E-state index in [0.29, 0.717) is 22.8 Å². The molecule has 2 aliphatic heterocycles. The van der Waals surface area contributed by atoms with Gasteiger partial charge in [-0.2, -0.15) is 13.2 Å². The fourth-order valence-electron chi connectivity index (χ4n) is 4.09. The molecule has 0 aromatic heterocycles. The molecule has 2 heterocycles. The van der Waals surface area contributed by atoms with Crippen LogP contribution < -0.4 is 5.32 Å². The van der Waals surface area contributed by atoms with Crippen molar-refractivity contribution in [3.8, 4) is 0 Å². The largest absolute Gasteiger partial charge is 0.416 e. The molecule has 0 bridgehead atoms. The molecule has 1 fully saturated rings. The van der Waals surface area contributed by atoms with E-state index >= 15 is 0 Å². The number of halogens is 6. The Balaban J connectivity index is 1.57. The van der Waals surface area contributed by atoms with Crippen LogP contribution >= 0.6 is 0 Å². The zero-order valence-electron chi connectivity index (χ0n) is 15.7. The summed E-state index contributed by atoms with van der Waals surface area (Å²) >= 11 is 0. The summed E-state index contributed by atoms with van der Waals surface area (Å²) in [5, 5.41) is 2.64. The summed E-state index contributed by atoms with van der Waals surface area (Å²) in [5.41, 5.74) is 0.442. The normalized spacial score (nSPS) is 21.4. The van der Waals surface area contributed by atoms with Crippen LogP contribution in [-0.2, 0) is 19.3 Å². The van der Waals surface area contributed by atoms with Crippen molar-refractivity contribution in [2.24, 2.45) is 0 Å². The Hall–Kier alpha value is -2.55. The van der Waals surface area contributed by atoms with Gasteiger partial charge in [0.05, 0.1) is 11.5 Å². The highest BCUT2D eigenvalue weighted by atomic mass is 19.4. The second kappa shape index (κ2) is 7.30. The molecule has 0 unspecified atom stereocenters. The third-order valence-electron chi connectivity index (χ3n) is 5.62. The van der Waals surface area contributed by atoms with E-state index in [0.717, 1.165) is 12.1 Å². The van der Waals surface area contributed by atoms with Gasteiger partial charge in [-0.3, -0.25) is 9.69 Å². The van der Waals surface area contributed by atoms with Crippen LogP contribution in [-0.4, -0.2) is 29.8 Å².